The molecule has 1 aromatic heterocycles. The van der Waals surface area contributed by atoms with E-state index >= 15 is 0 Å². The normalized spacial score (nSPS) is 19.1. The summed E-state index contributed by atoms with van der Waals surface area (Å²) in [5, 5.41) is 2.96. The Bertz CT molecular complexity index is 912. The Labute approximate surface area is 182 Å². The number of carbonyl (C=O) groups excluding carboxylic acids is 2. The minimum Gasteiger partial charge on any atom is -0.497 e. The fraction of sp³-hybridized carbons (Fsp3) is 0.458. The summed E-state index contributed by atoms with van der Waals surface area (Å²) in [4.78, 5) is 30.7. The first kappa shape index (κ1) is 21.3. The predicted octanol–water partition coefficient (Wildman–Crippen LogP) is 2.35. The number of aryl methyl sites for hydroxylation is 1. The average Bonchev–Trinajstić information content (AvgIpc) is 3.20. The van der Waals surface area contributed by atoms with Crippen LogP contribution in [0.25, 0.3) is 0 Å². The zero-order valence-corrected chi connectivity index (χ0v) is 17.9. The van der Waals surface area contributed by atoms with Gasteiger partial charge in [-0.25, -0.2) is 0 Å². The van der Waals surface area contributed by atoms with Crippen molar-refractivity contribution >= 4 is 11.8 Å². The van der Waals surface area contributed by atoms with Crippen LogP contribution in [0.2, 0.25) is 0 Å². The van der Waals surface area contributed by atoms with Gasteiger partial charge in [0.15, 0.2) is 0 Å². The van der Waals surface area contributed by atoms with Crippen LogP contribution in [0.15, 0.2) is 48.8 Å². The second-order valence-electron chi connectivity index (χ2n) is 8.50. The maximum Gasteiger partial charge on any atom is 0.223 e. The van der Waals surface area contributed by atoms with Gasteiger partial charge in [0.1, 0.15) is 11.4 Å². The average molecular weight is 424 g/mol. The van der Waals surface area contributed by atoms with E-state index in [0.29, 0.717) is 45.5 Å². The zero-order valence-electron chi connectivity index (χ0n) is 17.9. The summed E-state index contributed by atoms with van der Waals surface area (Å²) in [7, 11) is 1.64. The van der Waals surface area contributed by atoms with Crippen LogP contribution in [0.3, 0.4) is 0 Å². The first-order chi connectivity index (χ1) is 15.0. The molecule has 2 amide bonds. The van der Waals surface area contributed by atoms with Crippen molar-refractivity contribution < 1.29 is 19.1 Å². The number of aromatic nitrogens is 1. The Morgan fingerprint density at radius 3 is 2.81 bits per heavy atom. The summed E-state index contributed by atoms with van der Waals surface area (Å²) in [6, 6.07) is 11.6. The standard InChI is InChI=1S/C24H29N3O4/c1-30-21-4-2-3-18(11-21)5-6-23(29)27-16-24(17-27)13-20(15-31-24)12-22(28)26-14-19-7-9-25-10-8-19/h2-4,7-11,20H,5-6,12-17H2,1H3,(H,26,28). The molecule has 0 saturated carbocycles. The first-order valence-electron chi connectivity index (χ1n) is 10.8. The monoisotopic (exact) mass is 423 g/mol. The van der Waals surface area contributed by atoms with Gasteiger partial charge in [-0.2, -0.15) is 0 Å². The van der Waals surface area contributed by atoms with Crippen LogP contribution in [0.1, 0.15) is 30.4 Å². The van der Waals surface area contributed by atoms with Gasteiger partial charge in [0.2, 0.25) is 11.8 Å². The number of benzene rings is 1. The number of rotatable bonds is 8. The molecule has 164 valence electrons. The molecular weight excluding hydrogens is 394 g/mol. The predicted molar refractivity (Wildman–Crippen MR) is 115 cm³/mol. The number of nitrogens with one attached hydrogen (secondary N) is 1. The maximum atomic E-state index is 12.5. The van der Waals surface area contributed by atoms with E-state index in [9.17, 15) is 9.59 Å². The Balaban J connectivity index is 1.17. The van der Waals surface area contributed by atoms with Crippen LogP contribution in [0.5, 0.6) is 5.75 Å². The summed E-state index contributed by atoms with van der Waals surface area (Å²) in [5.74, 6) is 1.19. The minimum absolute atomic E-state index is 0.0352. The Kier molecular flexibility index (Phi) is 6.51. The molecule has 1 spiro atoms. The van der Waals surface area contributed by atoms with Gasteiger partial charge in [-0.1, -0.05) is 12.1 Å². The molecule has 2 fully saturated rings. The van der Waals surface area contributed by atoms with E-state index in [2.05, 4.69) is 10.3 Å². The summed E-state index contributed by atoms with van der Waals surface area (Å²) < 4.78 is 11.3. The van der Waals surface area contributed by atoms with Crippen molar-refractivity contribution in [2.75, 3.05) is 26.8 Å². The molecule has 7 heteroatoms. The number of ether oxygens (including phenoxy) is 2. The third kappa shape index (κ3) is 5.41. The molecule has 2 aliphatic heterocycles. The second kappa shape index (κ2) is 9.47. The van der Waals surface area contributed by atoms with E-state index in [-0.39, 0.29) is 23.3 Å². The van der Waals surface area contributed by atoms with Gasteiger partial charge in [-0.15, -0.1) is 0 Å². The van der Waals surface area contributed by atoms with Crippen molar-refractivity contribution in [3.63, 3.8) is 0 Å². The summed E-state index contributed by atoms with van der Waals surface area (Å²) >= 11 is 0. The van der Waals surface area contributed by atoms with Crippen LogP contribution in [-0.4, -0.2) is 54.1 Å². The van der Waals surface area contributed by atoms with Crippen LogP contribution in [0.4, 0.5) is 0 Å². The van der Waals surface area contributed by atoms with Gasteiger partial charge in [-0.3, -0.25) is 14.6 Å². The third-order valence-corrected chi connectivity index (χ3v) is 6.07. The highest BCUT2D eigenvalue weighted by atomic mass is 16.5. The highest BCUT2D eigenvalue weighted by molar-refractivity contribution is 5.78. The zero-order chi connectivity index (χ0) is 21.7. The van der Waals surface area contributed by atoms with Crippen molar-refractivity contribution in [3.05, 3.63) is 59.9 Å². The van der Waals surface area contributed by atoms with Gasteiger partial charge in [0.25, 0.3) is 0 Å². The van der Waals surface area contributed by atoms with Gasteiger partial charge >= 0.3 is 0 Å². The van der Waals surface area contributed by atoms with Crippen molar-refractivity contribution in [1.29, 1.82) is 0 Å². The maximum absolute atomic E-state index is 12.5. The number of amides is 2. The lowest BCUT2D eigenvalue weighted by atomic mass is 9.85. The van der Waals surface area contributed by atoms with E-state index in [1.807, 2.05) is 41.3 Å². The highest BCUT2D eigenvalue weighted by Crippen LogP contribution is 2.39. The van der Waals surface area contributed by atoms with Crippen LogP contribution in [0, 0.1) is 5.92 Å². The molecule has 1 aromatic carbocycles. The smallest absolute Gasteiger partial charge is 0.223 e. The van der Waals surface area contributed by atoms with Crippen LogP contribution >= 0.6 is 0 Å². The number of pyridine rings is 1. The fourth-order valence-electron chi connectivity index (χ4n) is 4.39. The minimum atomic E-state index is -0.262. The van der Waals surface area contributed by atoms with E-state index in [4.69, 9.17) is 9.47 Å². The molecule has 2 aliphatic rings. The Morgan fingerprint density at radius 1 is 1.23 bits per heavy atom. The summed E-state index contributed by atoms with van der Waals surface area (Å²) in [6.07, 6.45) is 5.89. The molecule has 0 bridgehead atoms. The van der Waals surface area contributed by atoms with Crippen LogP contribution < -0.4 is 10.1 Å². The first-order valence-corrected chi connectivity index (χ1v) is 10.8. The molecule has 0 radical (unpaired) electrons. The molecule has 7 nitrogen and oxygen atoms in total. The van der Waals surface area contributed by atoms with Crippen molar-refractivity contribution in [3.8, 4) is 5.75 Å². The lowest BCUT2D eigenvalue weighted by molar-refractivity contribution is -0.157. The number of hydrogen-bond acceptors (Lipinski definition) is 5. The Hall–Kier alpha value is -2.93. The SMILES string of the molecule is COc1cccc(CCC(=O)N2CC3(CC(CC(=O)NCc4ccncc4)CO3)C2)c1. The van der Waals surface area contributed by atoms with E-state index in [0.717, 1.165) is 23.3 Å². The molecule has 2 aromatic rings. The molecule has 3 heterocycles. The van der Waals surface area contributed by atoms with Gasteiger partial charge < -0.3 is 19.7 Å². The molecular formula is C24H29N3O4. The summed E-state index contributed by atoms with van der Waals surface area (Å²) in [5.41, 5.74) is 1.87. The quantitative estimate of drug-likeness (QED) is 0.705. The molecule has 31 heavy (non-hydrogen) atoms. The molecule has 1 N–H and O–H groups in total. The third-order valence-electron chi connectivity index (χ3n) is 6.07. The molecule has 1 unspecified atom stereocenters. The van der Waals surface area contributed by atoms with Gasteiger partial charge in [0.05, 0.1) is 26.8 Å². The van der Waals surface area contributed by atoms with Crippen LogP contribution in [-0.2, 0) is 27.3 Å². The van der Waals surface area contributed by atoms with E-state index in [1.165, 1.54) is 0 Å². The number of likely N-dealkylation sites (tertiary alicyclic amines) is 1. The molecule has 1 atom stereocenters. The Morgan fingerprint density at radius 2 is 2.03 bits per heavy atom. The van der Waals surface area contributed by atoms with Crippen molar-refractivity contribution in [1.82, 2.24) is 15.2 Å². The summed E-state index contributed by atoms with van der Waals surface area (Å²) in [6.45, 7) is 2.34. The number of nitrogens with zero attached hydrogens (tertiary/aromatic N) is 2. The molecule has 2 saturated heterocycles. The highest BCUT2D eigenvalue weighted by Gasteiger charge is 2.51. The second-order valence-corrected chi connectivity index (χ2v) is 8.50. The number of hydrogen-bond donors (Lipinski definition) is 1. The van der Waals surface area contributed by atoms with Gasteiger partial charge in [0, 0.05) is 31.8 Å². The van der Waals surface area contributed by atoms with E-state index < -0.39 is 0 Å². The lowest BCUT2D eigenvalue weighted by Gasteiger charge is -2.47. The van der Waals surface area contributed by atoms with Gasteiger partial charge in [-0.05, 0) is 54.2 Å². The molecule has 0 aliphatic carbocycles. The largest absolute Gasteiger partial charge is 0.497 e. The number of carbonyl (C=O) groups is 2. The van der Waals surface area contributed by atoms with E-state index in [1.54, 1.807) is 19.5 Å². The topological polar surface area (TPSA) is 80.8 Å². The van der Waals surface area contributed by atoms with Crippen molar-refractivity contribution in [2.24, 2.45) is 5.92 Å². The number of methoxy groups -OCH3 is 1. The fourth-order valence-corrected chi connectivity index (χ4v) is 4.39. The molecule has 4 rings (SSSR count). The van der Waals surface area contributed by atoms with Crippen molar-refractivity contribution in [2.45, 2.75) is 37.8 Å². The lowest BCUT2D eigenvalue weighted by Crippen LogP contribution is -2.63.